The van der Waals surface area contributed by atoms with Crippen molar-refractivity contribution in [1.82, 2.24) is 5.32 Å². The molecule has 0 bridgehead atoms. The zero-order chi connectivity index (χ0) is 12.0. The molecule has 0 fully saturated rings. The summed E-state index contributed by atoms with van der Waals surface area (Å²) in [6.45, 7) is 5.99. The Morgan fingerprint density at radius 2 is 2.38 bits per heavy atom. The monoisotopic (exact) mass is 236 g/mol. The van der Waals surface area contributed by atoms with Crippen LogP contribution in [0.4, 0.5) is 5.69 Å². The molecule has 0 radical (unpaired) electrons. The molecule has 0 unspecified atom stereocenters. The highest BCUT2D eigenvalue weighted by Crippen LogP contribution is 2.26. The van der Waals surface area contributed by atoms with Crippen LogP contribution >= 0.6 is 11.8 Å². The fraction of sp³-hybridized carbons (Fsp3) is 0.250. The lowest BCUT2D eigenvalue weighted by Crippen LogP contribution is -2.24. The third-order valence-corrected chi connectivity index (χ3v) is 3.16. The molecule has 0 saturated carbocycles. The molecular weight excluding hydrogens is 220 g/mol. The largest absolute Gasteiger partial charge is 0.398 e. The molecule has 1 aromatic rings. The Labute approximate surface area is 100 Å². The van der Waals surface area contributed by atoms with Gasteiger partial charge in [-0.3, -0.25) is 4.79 Å². The molecule has 3 nitrogen and oxygen atoms in total. The molecule has 0 aliphatic carbocycles. The predicted molar refractivity (Wildman–Crippen MR) is 69.5 cm³/mol. The first-order chi connectivity index (χ1) is 7.65. The van der Waals surface area contributed by atoms with Gasteiger partial charge in [-0.25, -0.2) is 0 Å². The average molecular weight is 236 g/mol. The first kappa shape index (κ1) is 12.6. The summed E-state index contributed by atoms with van der Waals surface area (Å²) >= 11 is 1.45. The van der Waals surface area contributed by atoms with Crippen LogP contribution in [0.1, 0.15) is 5.56 Å². The summed E-state index contributed by atoms with van der Waals surface area (Å²) in [5, 5.41) is 2.72. The Morgan fingerprint density at radius 1 is 1.62 bits per heavy atom. The number of anilines is 1. The average Bonchev–Trinajstić information content (AvgIpc) is 2.28. The number of para-hydroxylation sites is 1. The number of nitrogens with one attached hydrogen (secondary N) is 1. The summed E-state index contributed by atoms with van der Waals surface area (Å²) < 4.78 is 0. The Bertz CT molecular complexity index is 391. The van der Waals surface area contributed by atoms with Crippen molar-refractivity contribution in [3.05, 3.63) is 36.4 Å². The number of carbonyl (C=O) groups excluding carboxylic acids is 1. The molecular formula is C12H16N2OS. The molecule has 0 spiro atoms. The molecule has 0 aromatic heterocycles. The lowest BCUT2D eigenvalue weighted by molar-refractivity contribution is -0.118. The van der Waals surface area contributed by atoms with Gasteiger partial charge in [0, 0.05) is 17.1 Å². The number of nitrogen functional groups attached to an aromatic ring is 1. The lowest BCUT2D eigenvalue weighted by Gasteiger charge is -2.07. The third kappa shape index (κ3) is 3.62. The van der Waals surface area contributed by atoms with Crippen molar-refractivity contribution in [2.24, 2.45) is 0 Å². The van der Waals surface area contributed by atoms with E-state index in [9.17, 15) is 4.79 Å². The normalized spacial score (nSPS) is 9.81. The first-order valence-electron chi connectivity index (χ1n) is 5.00. The number of amides is 1. The summed E-state index contributed by atoms with van der Waals surface area (Å²) in [5.74, 6) is 0.368. The molecule has 3 N–H and O–H groups in total. The Morgan fingerprint density at radius 3 is 3.06 bits per heavy atom. The van der Waals surface area contributed by atoms with Gasteiger partial charge >= 0.3 is 0 Å². The summed E-state index contributed by atoms with van der Waals surface area (Å²) in [5.41, 5.74) is 7.69. The van der Waals surface area contributed by atoms with Gasteiger partial charge in [0.1, 0.15) is 0 Å². The molecule has 16 heavy (non-hydrogen) atoms. The van der Waals surface area contributed by atoms with Gasteiger partial charge in [-0.2, -0.15) is 0 Å². The van der Waals surface area contributed by atoms with E-state index >= 15 is 0 Å². The van der Waals surface area contributed by atoms with Crippen LogP contribution in [0.25, 0.3) is 0 Å². The molecule has 0 aliphatic heterocycles. The molecule has 0 heterocycles. The van der Waals surface area contributed by atoms with E-state index in [0.29, 0.717) is 12.3 Å². The van der Waals surface area contributed by atoms with E-state index in [1.54, 1.807) is 6.08 Å². The lowest BCUT2D eigenvalue weighted by atomic mass is 10.2. The number of hydrogen-bond acceptors (Lipinski definition) is 3. The standard InChI is InChI=1S/C12H16N2OS/c1-3-7-14-11(15)8-16-10-6-4-5-9(2)12(10)13/h3-6H,1,7-8,13H2,2H3,(H,14,15). The molecule has 0 atom stereocenters. The summed E-state index contributed by atoms with van der Waals surface area (Å²) in [4.78, 5) is 12.3. The summed E-state index contributed by atoms with van der Waals surface area (Å²) in [6.07, 6.45) is 1.66. The van der Waals surface area contributed by atoms with Crippen LogP contribution in [-0.4, -0.2) is 18.2 Å². The van der Waals surface area contributed by atoms with Gasteiger partial charge in [-0.05, 0) is 18.6 Å². The van der Waals surface area contributed by atoms with Crippen LogP contribution < -0.4 is 11.1 Å². The zero-order valence-corrected chi connectivity index (χ0v) is 10.1. The second kappa shape index (κ2) is 6.23. The second-order valence-corrected chi connectivity index (χ2v) is 4.39. The van der Waals surface area contributed by atoms with Crippen molar-refractivity contribution in [3.8, 4) is 0 Å². The molecule has 1 aromatic carbocycles. The van der Waals surface area contributed by atoms with E-state index in [1.165, 1.54) is 11.8 Å². The Balaban J connectivity index is 2.51. The number of carbonyl (C=O) groups is 1. The van der Waals surface area contributed by atoms with Crippen molar-refractivity contribution in [3.63, 3.8) is 0 Å². The highest BCUT2D eigenvalue weighted by Gasteiger charge is 2.05. The molecule has 0 saturated heterocycles. The maximum absolute atomic E-state index is 11.4. The SMILES string of the molecule is C=CCNC(=O)CSc1cccc(C)c1N. The van der Waals surface area contributed by atoms with Gasteiger partial charge in [-0.15, -0.1) is 18.3 Å². The smallest absolute Gasteiger partial charge is 0.230 e. The minimum Gasteiger partial charge on any atom is -0.398 e. The predicted octanol–water partition coefficient (Wildman–Crippen LogP) is 1.97. The quantitative estimate of drug-likeness (QED) is 0.467. The number of nitrogens with two attached hydrogens (primary N) is 1. The van der Waals surface area contributed by atoms with Crippen LogP contribution in [0.15, 0.2) is 35.7 Å². The molecule has 0 aliphatic rings. The summed E-state index contributed by atoms with van der Waals surface area (Å²) in [7, 11) is 0. The zero-order valence-electron chi connectivity index (χ0n) is 9.32. The van der Waals surface area contributed by atoms with Crippen LogP contribution in [0.2, 0.25) is 0 Å². The fourth-order valence-corrected chi connectivity index (χ4v) is 2.04. The highest BCUT2D eigenvalue weighted by atomic mass is 32.2. The van der Waals surface area contributed by atoms with E-state index in [2.05, 4.69) is 11.9 Å². The maximum Gasteiger partial charge on any atom is 0.230 e. The Hall–Kier alpha value is -1.42. The topological polar surface area (TPSA) is 55.1 Å². The van der Waals surface area contributed by atoms with Crippen molar-refractivity contribution in [1.29, 1.82) is 0 Å². The maximum atomic E-state index is 11.4. The first-order valence-corrected chi connectivity index (χ1v) is 5.99. The van der Waals surface area contributed by atoms with Crippen LogP contribution in [-0.2, 0) is 4.79 Å². The van der Waals surface area contributed by atoms with Crippen molar-refractivity contribution in [2.45, 2.75) is 11.8 Å². The Kier molecular flexibility index (Phi) is 4.92. The van der Waals surface area contributed by atoms with Crippen molar-refractivity contribution < 1.29 is 4.79 Å². The third-order valence-electron chi connectivity index (χ3n) is 2.09. The molecule has 1 amide bonds. The number of aryl methyl sites for hydroxylation is 1. The van der Waals surface area contributed by atoms with Crippen molar-refractivity contribution >= 4 is 23.4 Å². The van der Waals surface area contributed by atoms with Gasteiger partial charge < -0.3 is 11.1 Å². The summed E-state index contributed by atoms with van der Waals surface area (Å²) in [6, 6.07) is 5.82. The van der Waals surface area contributed by atoms with Gasteiger partial charge in [0.15, 0.2) is 0 Å². The van der Waals surface area contributed by atoms with Crippen LogP contribution in [0.3, 0.4) is 0 Å². The number of thioether (sulfide) groups is 1. The van der Waals surface area contributed by atoms with E-state index in [1.807, 2.05) is 25.1 Å². The second-order valence-electron chi connectivity index (χ2n) is 3.37. The van der Waals surface area contributed by atoms with E-state index in [-0.39, 0.29) is 5.91 Å². The molecule has 4 heteroatoms. The molecule has 86 valence electrons. The van der Waals surface area contributed by atoms with E-state index < -0.39 is 0 Å². The number of benzene rings is 1. The van der Waals surface area contributed by atoms with Gasteiger partial charge in [0.05, 0.1) is 5.75 Å². The van der Waals surface area contributed by atoms with Gasteiger partial charge in [-0.1, -0.05) is 18.2 Å². The number of rotatable bonds is 5. The van der Waals surface area contributed by atoms with Gasteiger partial charge in [0.25, 0.3) is 0 Å². The van der Waals surface area contributed by atoms with E-state index in [0.717, 1.165) is 16.1 Å². The van der Waals surface area contributed by atoms with Crippen LogP contribution in [0.5, 0.6) is 0 Å². The highest BCUT2D eigenvalue weighted by molar-refractivity contribution is 8.00. The van der Waals surface area contributed by atoms with Gasteiger partial charge in [0.2, 0.25) is 5.91 Å². The van der Waals surface area contributed by atoms with Crippen LogP contribution in [0, 0.1) is 6.92 Å². The van der Waals surface area contributed by atoms with Crippen molar-refractivity contribution in [2.75, 3.05) is 18.0 Å². The fourth-order valence-electron chi connectivity index (χ4n) is 1.16. The minimum atomic E-state index is -0.00851. The minimum absolute atomic E-state index is 0.00851. The van der Waals surface area contributed by atoms with E-state index in [4.69, 9.17) is 5.73 Å². The number of hydrogen-bond donors (Lipinski definition) is 2. The molecule has 1 rings (SSSR count).